The molecule has 0 fully saturated rings. The van der Waals surface area contributed by atoms with Crippen molar-refractivity contribution in [1.82, 2.24) is 0 Å². The minimum atomic E-state index is -4.30. The van der Waals surface area contributed by atoms with Gasteiger partial charge in [-0.2, -0.15) is 0 Å². The first-order valence-corrected chi connectivity index (χ1v) is 11.4. The first-order chi connectivity index (χ1) is 15.2. The minimum absolute atomic E-state index is 0.0476. The zero-order valence-electron chi connectivity index (χ0n) is 16.8. The zero-order valence-corrected chi connectivity index (χ0v) is 18.4. The molecule has 4 rings (SSSR count). The number of fused-ring (bicyclic) bond motifs is 1. The van der Waals surface area contributed by atoms with Crippen molar-refractivity contribution >= 4 is 33.1 Å². The molecule has 0 saturated carbocycles. The number of carbonyl (C=O) groups is 1. The molecular formula is C23H17ClFNO5S. The van der Waals surface area contributed by atoms with Crippen LogP contribution < -0.4 is 4.74 Å². The monoisotopic (exact) mass is 473 g/mol. The van der Waals surface area contributed by atoms with Crippen LogP contribution in [0.4, 0.5) is 4.39 Å². The molecule has 1 aliphatic heterocycles. The van der Waals surface area contributed by atoms with Gasteiger partial charge in [-0.1, -0.05) is 11.6 Å². The summed E-state index contributed by atoms with van der Waals surface area (Å²) in [5, 5.41) is 9.79. The fourth-order valence-corrected chi connectivity index (χ4v) is 5.27. The number of allylic oxidation sites excluding steroid dienone is 4. The van der Waals surface area contributed by atoms with Crippen LogP contribution in [0.5, 0.6) is 11.5 Å². The summed E-state index contributed by atoms with van der Waals surface area (Å²) >= 11 is 5.85. The second-order valence-corrected chi connectivity index (χ2v) is 9.51. The van der Waals surface area contributed by atoms with Gasteiger partial charge in [0.25, 0.3) is 0 Å². The fraction of sp³-hybridized carbons (Fsp3) is 0.130. The second kappa shape index (κ2) is 8.37. The van der Waals surface area contributed by atoms with Gasteiger partial charge in [-0.3, -0.25) is 9.79 Å². The highest BCUT2D eigenvalue weighted by Gasteiger charge is 2.37. The molecule has 2 aromatic carbocycles. The Kier molecular flexibility index (Phi) is 5.75. The van der Waals surface area contributed by atoms with E-state index in [0.29, 0.717) is 27.9 Å². The van der Waals surface area contributed by atoms with Gasteiger partial charge in [-0.15, -0.1) is 0 Å². The highest BCUT2D eigenvalue weighted by Crippen LogP contribution is 2.41. The maximum atomic E-state index is 14.9. The summed E-state index contributed by atoms with van der Waals surface area (Å²) < 4.78 is 47.3. The van der Waals surface area contributed by atoms with Gasteiger partial charge >= 0.3 is 5.97 Å². The maximum absolute atomic E-state index is 14.9. The molecule has 0 amide bonds. The lowest BCUT2D eigenvalue weighted by atomic mass is 9.94. The number of aliphatic imine (C=N–C) groups is 1. The van der Waals surface area contributed by atoms with Gasteiger partial charge in [0.1, 0.15) is 22.2 Å². The van der Waals surface area contributed by atoms with Crippen LogP contribution in [-0.2, 0) is 14.6 Å². The van der Waals surface area contributed by atoms with Gasteiger partial charge in [-0.25, -0.2) is 12.8 Å². The number of hydrogen-bond donors (Lipinski definition) is 1. The predicted molar refractivity (Wildman–Crippen MR) is 118 cm³/mol. The number of hydrogen-bond acceptors (Lipinski definition) is 5. The van der Waals surface area contributed by atoms with Crippen LogP contribution in [0.2, 0.25) is 5.02 Å². The van der Waals surface area contributed by atoms with E-state index in [1.165, 1.54) is 24.3 Å². The second-order valence-electron chi connectivity index (χ2n) is 7.18. The smallest absolute Gasteiger partial charge is 0.307 e. The van der Waals surface area contributed by atoms with E-state index >= 15 is 0 Å². The maximum Gasteiger partial charge on any atom is 0.307 e. The number of sulfone groups is 1. The normalized spacial score (nSPS) is 16.0. The molecule has 2 aromatic rings. The quantitative estimate of drug-likeness (QED) is 0.587. The van der Waals surface area contributed by atoms with E-state index < -0.39 is 33.0 Å². The summed E-state index contributed by atoms with van der Waals surface area (Å²) in [7, 11) is -4.30. The number of halogens is 2. The third-order valence-corrected chi connectivity index (χ3v) is 7.11. The lowest BCUT2D eigenvalue weighted by molar-refractivity contribution is -0.136. The molecule has 2 aliphatic rings. The minimum Gasteiger partial charge on any atom is -0.481 e. The molecular weight excluding hydrogens is 457 g/mol. The molecule has 32 heavy (non-hydrogen) atoms. The lowest BCUT2D eigenvalue weighted by Gasteiger charge is -2.18. The van der Waals surface area contributed by atoms with Crippen molar-refractivity contribution in [2.75, 3.05) is 0 Å². The fourth-order valence-electron chi connectivity index (χ4n) is 3.57. The number of benzene rings is 2. The van der Waals surface area contributed by atoms with Crippen molar-refractivity contribution in [3.63, 3.8) is 0 Å². The van der Waals surface area contributed by atoms with Crippen molar-refractivity contribution in [2.45, 2.75) is 24.7 Å². The van der Waals surface area contributed by atoms with Crippen molar-refractivity contribution in [3.8, 4) is 11.5 Å². The summed E-state index contributed by atoms with van der Waals surface area (Å²) in [6.45, 7) is 1.58. The van der Waals surface area contributed by atoms with Crippen LogP contribution in [0.3, 0.4) is 0 Å². The molecule has 164 valence electrons. The van der Waals surface area contributed by atoms with Crippen LogP contribution in [-0.4, -0.2) is 25.2 Å². The van der Waals surface area contributed by atoms with Gasteiger partial charge in [0.15, 0.2) is 0 Å². The van der Waals surface area contributed by atoms with Crippen LogP contribution in [0.15, 0.2) is 92.1 Å². The molecule has 0 aromatic heterocycles. The number of rotatable bonds is 6. The van der Waals surface area contributed by atoms with Crippen molar-refractivity contribution < 1.29 is 27.4 Å². The van der Waals surface area contributed by atoms with Crippen LogP contribution in [0.25, 0.3) is 0 Å². The Morgan fingerprint density at radius 1 is 1.12 bits per heavy atom. The molecule has 6 nitrogen and oxygen atoms in total. The molecule has 0 radical (unpaired) electrons. The Balaban J connectivity index is 1.72. The summed E-state index contributed by atoms with van der Waals surface area (Å²) in [4.78, 5) is 14.9. The average molecular weight is 474 g/mol. The van der Waals surface area contributed by atoms with Gasteiger partial charge in [0.05, 0.1) is 17.0 Å². The van der Waals surface area contributed by atoms with E-state index in [1.807, 2.05) is 0 Å². The van der Waals surface area contributed by atoms with Crippen molar-refractivity contribution in [1.29, 1.82) is 0 Å². The summed E-state index contributed by atoms with van der Waals surface area (Å²) in [5.74, 6) is -1.17. The van der Waals surface area contributed by atoms with Crippen molar-refractivity contribution in [2.24, 2.45) is 4.99 Å². The van der Waals surface area contributed by atoms with E-state index in [9.17, 15) is 22.7 Å². The highest BCUT2D eigenvalue weighted by atomic mass is 35.5. The van der Waals surface area contributed by atoms with E-state index in [4.69, 9.17) is 16.3 Å². The number of carboxylic acid groups (broad SMARTS) is 1. The lowest BCUT2D eigenvalue weighted by Crippen LogP contribution is -2.17. The Labute approximate surface area is 188 Å². The molecule has 1 aliphatic carbocycles. The Hall–Kier alpha value is -3.23. The first-order valence-electron chi connectivity index (χ1n) is 9.55. The number of nitrogens with zero attached hydrogens (tertiary/aromatic N) is 1. The van der Waals surface area contributed by atoms with Crippen LogP contribution >= 0.6 is 11.6 Å². The molecule has 0 unspecified atom stereocenters. The van der Waals surface area contributed by atoms with Crippen LogP contribution in [0.1, 0.15) is 19.8 Å². The Morgan fingerprint density at radius 3 is 2.31 bits per heavy atom. The summed E-state index contributed by atoms with van der Waals surface area (Å²) in [5.41, 5.74) is 0.977. The number of carboxylic acids is 1. The summed E-state index contributed by atoms with van der Waals surface area (Å²) in [6.07, 6.45) is 0.785. The van der Waals surface area contributed by atoms with Crippen molar-refractivity contribution in [3.05, 3.63) is 87.2 Å². The topological polar surface area (TPSA) is 93.0 Å². The molecule has 1 N–H and O–H groups in total. The summed E-state index contributed by atoms with van der Waals surface area (Å²) in [6, 6.07) is 12.2. The molecule has 0 bridgehead atoms. The molecule has 9 heteroatoms. The van der Waals surface area contributed by atoms with Gasteiger partial charge < -0.3 is 9.84 Å². The van der Waals surface area contributed by atoms with Gasteiger partial charge in [0, 0.05) is 22.7 Å². The predicted octanol–water partition coefficient (Wildman–Crippen LogP) is 5.62. The SMILES string of the molecule is CC1=C(CC(=O)O)C2=C(S(=O)(=O)c3ccc(Oc4ccc(Cl)cc4)cc3)C(F)=CCC2=N1. The largest absolute Gasteiger partial charge is 0.481 e. The van der Waals surface area contributed by atoms with E-state index in [0.717, 1.165) is 6.08 Å². The van der Waals surface area contributed by atoms with E-state index in [-0.39, 0.29) is 22.5 Å². The van der Waals surface area contributed by atoms with Gasteiger partial charge in [0.2, 0.25) is 9.84 Å². The number of aliphatic carboxylic acids is 1. The van der Waals surface area contributed by atoms with E-state index in [2.05, 4.69) is 4.99 Å². The molecule has 1 heterocycles. The Morgan fingerprint density at radius 2 is 1.72 bits per heavy atom. The standard InChI is InChI=1S/C23H17ClFNO5S/c1-13-18(12-21(27)28)22-20(26-13)11-10-19(25)23(22)32(29,30)17-8-6-16(7-9-17)31-15-4-2-14(24)3-5-15/h2-10H,11-12H2,1H3,(H,27,28). The van der Waals surface area contributed by atoms with Gasteiger partial charge in [-0.05, 0) is 67.1 Å². The molecule has 0 spiro atoms. The van der Waals surface area contributed by atoms with Crippen LogP contribution in [0, 0.1) is 0 Å². The Bertz CT molecular complexity index is 1340. The van der Waals surface area contributed by atoms with E-state index in [1.54, 1.807) is 31.2 Å². The molecule has 0 atom stereocenters. The third kappa shape index (κ3) is 4.11. The highest BCUT2D eigenvalue weighted by molar-refractivity contribution is 7.95. The third-order valence-electron chi connectivity index (χ3n) is 5.03. The zero-order chi connectivity index (χ0) is 23.0. The molecule has 0 saturated heterocycles. The number of ether oxygens (including phenoxy) is 1. The first kappa shape index (κ1) is 22.0. The average Bonchev–Trinajstić information content (AvgIpc) is 3.04.